The van der Waals surface area contributed by atoms with Gasteiger partial charge >= 0.3 is 0 Å². The number of para-hydroxylation sites is 1. The summed E-state index contributed by atoms with van der Waals surface area (Å²) in [5.74, 6) is 0.258. The molecule has 3 nitrogen and oxygen atoms in total. The molecule has 3 N–H and O–H groups in total. The normalized spacial score (nSPS) is 11.2. The molecule has 0 aliphatic carbocycles. The molecule has 0 saturated carbocycles. The fourth-order valence-corrected chi connectivity index (χ4v) is 1.39. The minimum Gasteiger partial charge on any atom is -0.387 e. The first kappa shape index (κ1) is 12.6. The lowest BCUT2D eigenvalue weighted by molar-refractivity contribution is 0.471. The van der Waals surface area contributed by atoms with Crippen molar-refractivity contribution >= 4 is 11.5 Å². The Bertz CT molecular complexity index is 343. The van der Waals surface area contributed by atoms with E-state index in [2.05, 4.69) is 24.1 Å². The van der Waals surface area contributed by atoms with E-state index < -0.39 is 0 Å². The molecule has 0 amide bonds. The Hall–Kier alpha value is -1.51. The third-order valence-corrected chi connectivity index (χ3v) is 3.00. The van der Waals surface area contributed by atoms with Gasteiger partial charge in [-0.15, -0.1) is 0 Å². The first-order valence-electron chi connectivity index (χ1n) is 5.54. The molecule has 0 fully saturated rings. The molecular weight excluding hydrogens is 198 g/mol. The van der Waals surface area contributed by atoms with E-state index >= 15 is 0 Å². The maximum absolute atomic E-state index is 7.51. The van der Waals surface area contributed by atoms with Gasteiger partial charge in [0.25, 0.3) is 0 Å². The molecule has 3 heteroatoms. The highest BCUT2D eigenvalue weighted by Gasteiger charge is 2.21. The largest absolute Gasteiger partial charge is 0.387 e. The zero-order chi connectivity index (χ0) is 12.2. The van der Waals surface area contributed by atoms with Crippen LogP contribution < -0.4 is 10.6 Å². The van der Waals surface area contributed by atoms with Crippen LogP contribution in [0.25, 0.3) is 0 Å². The SMILES string of the molecule is CN(CCC(C)(C)C(=N)N)c1ccccc1. The van der Waals surface area contributed by atoms with Gasteiger partial charge in [0.1, 0.15) is 0 Å². The Balaban J connectivity index is 2.54. The Morgan fingerprint density at radius 1 is 1.31 bits per heavy atom. The van der Waals surface area contributed by atoms with Crippen LogP contribution in [0.4, 0.5) is 5.69 Å². The van der Waals surface area contributed by atoms with E-state index in [0.717, 1.165) is 13.0 Å². The van der Waals surface area contributed by atoms with Crippen LogP contribution in [0.2, 0.25) is 0 Å². The van der Waals surface area contributed by atoms with Crippen LogP contribution in [0.5, 0.6) is 0 Å². The lowest BCUT2D eigenvalue weighted by Crippen LogP contribution is -2.34. The molecule has 0 aliphatic heterocycles. The summed E-state index contributed by atoms with van der Waals surface area (Å²) in [6, 6.07) is 10.2. The average molecular weight is 219 g/mol. The van der Waals surface area contributed by atoms with Crippen LogP contribution in [-0.2, 0) is 0 Å². The van der Waals surface area contributed by atoms with Gasteiger partial charge in [0.15, 0.2) is 0 Å². The number of hydrogen-bond acceptors (Lipinski definition) is 2. The van der Waals surface area contributed by atoms with Crippen molar-refractivity contribution in [2.45, 2.75) is 20.3 Å². The highest BCUT2D eigenvalue weighted by molar-refractivity contribution is 5.82. The minimum atomic E-state index is -0.219. The second-order valence-electron chi connectivity index (χ2n) is 4.80. The molecule has 0 saturated heterocycles. The lowest BCUT2D eigenvalue weighted by Gasteiger charge is -2.27. The summed E-state index contributed by atoms with van der Waals surface area (Å²) in [5, 5.41) is 7.51. The molecule has 88 valence electrons. The molecule has 1 aromatic carbocycles. The smallest absolute Gasteiger partial charge is 0.0963 e. The molecule has 0 heterocycles. The highest BCUT2D eigenvalue weighted by atomic mass is 15.1. The predicted octanol–water partition coefficient (Wildman–Crippen LogP) is 2.48. The van der Waals surface area contributed by atoms with Gasteiger partial charge in [0, 0.05) is 24.7 Å². The molecule has 1 aromatic rings. The summed E-state index contributed by atoms with van der Waals surface area (Å²) >= 11 is 0. The van der Waals surface area contributed by atoms with Gasteiger partial charge in [0.05, 0.1) is 5.84 Å². The van der Waals surface area contributed by atoms with Crippen LogP contribution >= 0.6 is 0 Å². The van der Waals surface area contributed by atoms with E-state index in [4.69, 9.17) is 11.1 Å². The van der Waals surface area contributed by atoms with E-state index in [1.165, 1.54) is 5.69 Å². The maximum Gasteiger partial charge on any atom is 0.0963 e. The quantitative estimate of drug-likeness (QED) is 0.590. The van der Waals surface area contributed by atoms with E-state index in [1.807, 2.05) is 32.0 Å². The molecular formula is C13H21N3. The standard InChI is InChI=1S/C13H21N3/c1-13(2,12(14)15)9-10-16(3)11-7-5-4-6-8-11/h4-8H,9-10H2,1-3H3,(H3,14,15). The number of nitrogens with zero attached hydrogens (tertiary/aromatic N) is 1. The summed E-state index contributed by atoms with van der Waals surface area (Å²) in [6.45, 7) is 4.92. The van der Waals surface area contributed by atoms with Crippen molar-refractivity contribution in [3.05, 3.63) is 30.3 Å². The van der Waals surface area contributed by atoms with Crippen LogP contribution in [0.15, 0.2) is 30.3 Å². The van der Waals surface area contributed by atoms with Gasteiger partial charge in [-0.1, -0.05) is 32.0 Å². The maximum atomic E-state index is 7.51. The number of amidine groups is 1. The van der Waals surface area contributed by atoms with Gasteiger partial charge in [-0.3, -0.25) is 5.41 Å². The van der Waals surface area contributed by atoms with Crippen molar-refractivity contribution in [3.63, 3.8) is 0 Å². The molecule has 0 unspecified atom stereocenters. The van der Waals surface area contributed by atoms with Crippen molar-refractivity contribution in [2.75, 3.05) is 18.5 Å². The second-order valence-corrected chi connectivity index (χ2v) is 4.80. The fraction of sp³-hybridized carbons (Fsp3) is 0.462. The minimum absolute atomic E-state index is 0.219. The van der Waals surface area contributed by atoms with Crippen molar-refractivity contribution in [1.29, 1.82) is 5.41 Å². The Morgan fingerprint density at radius 3 is 2.38 bits per heavy atom. The van der Waals surface area contributed by atoms with Crippen LogP contribution in [0, 0.1) is 10.8 Å². The highest BCUT2D eigenvalue weighted by Crippen LogP contribution is 2.21. The van der Waals surface area contributed by atoms with Gasteiger partial charge < -0.3 is 10.6 Å². The number of rotatable bonds is 5. The molecule has 0 aliphatic rings. The first-order valence-corrected chi connectivity index (χ1v) is 5.54. The number of nitrogens with two attached hydrogens (primary N) is 1. The van der Waals surface area contributed by atoms with Crippen LogP contribution in [0.1, 0.15) is 20.3 Å². The molecule has 0 bridgehead atoms. The number of benzene rings is 1. The number of nitrogens with one attached hydrogen (secondary N) is 1. The Labute approximate surface area is 97.8 Å². The number of hydrogen-bond donors (Lipinski definition) is 2. The average Bonchev–Trinajstić information content (AvgIpc) is 2.27. The van der Waals surface area contributed by atoms with Gasteiger partial charge in [-0.05, 0) is 18.6 Å². The van der Waals surface area contributed by atoms with E-state index in [-0.39, 0.29) is 11.3 Å². The third kappa shape index (κ3) is 3.26. The monoisotopic (exact) mass is 219 g/mol. The van der Waals surface area contributed by atoms with Crippen molar-refractivity contribution < 1.29 is 0 Å². The Kier molecular flexibility index (Phi) is 3.93. The first-order chi connectivity index (χ1) is 7.43. The molecule has 0 aromatic heterocycles. The zero-order valence-electron chi connectivity index (χ0n) is 10.3. The summed E-state index contributed by atoms with van der Waals surface area (Å²) in [4.78, 5) is 2.19. The molecule has 1 rings (SSSR count). The molecule has 16 heavy (non-hydrogen) atoms. The van der Waals surface area contributed by atoms with Crippen molar-refractivity contribution in [2.24, 2.45) is 11.1 Å². The summed E-state index contributed by atoms with van der Waals surface area (Å²) in [5.41, 5.74) is 6.54. The van der Waals surface area contributed by atoms with E-state index in [9.17, 15) is 0 Å². The zero-order valence-corrected chi connectivity index (χ0v) is 10.3. The predicted molar refractivity (Wildman–Crippen MR) is 70.0 cm³/mol. The van der Waals surface area contributed by atoms with Crippen LogP contribution in [0.3, 0.4) is 0 Å². The third-order valence-electron chi connectivity index (χ3n) is 3.00. The van der Waals surface area contributed by atoms with Crippen LogP contribution in [-0.4, -0.2) is 19.4 Å². The van der Waals surface area contributed by atoms with Gasteiger partial charge in [0.2, 0.25) is 0 Å². The Morgan fingerprint density at radius 2 is 1.88 bits per heavy atom. The summed E-state index contributed by atoms with van der Waals surface area (Å²) < 4.78 is 0. The number of anilines is 1. The van der Waals surface area contributed by atoms with E-state index in [1.54, 1.807) is 0 Å². The fourth-order valence-electron chi connectivity index (χ4n) is 1.39. The molecule has 0 spiro atoms. The molecule has 0 radical (unpaired) electrons. The summed E-state index contributed by atoms with van der Waals surface area (Å²) in [6.07, 6.45) is 0.883. The molecule has 0 atom stereocenters. The van der Waals surface area contributed by atoms with Crippen molar-refractivity contribution in [1.82, 2.24) is 0 Å². The second kappa shape index (κ2) is 5.01. The summed E-state index contributed by atoms with van der Waals surface area (Å²) in [7, 11) is 2.06. The van der Waals surface area contributed by atoms with Crippen molar-refractivity contribution in [3.8, 4) is 0 Å². The van der Waals surface area contributed by atoms with Gasteiger partial charge in [-0.25, -0.2) is 0 Å². The van der Waals surface area contributed by atoms with E-state index in [0.29, 0.717) is 0 Å². The van der Waals surface area contributed by atoms with Gasteiger partial charge in [-0.2, -0.15) is 0 Å². The lowest BCUT2D eigenvalue weighted by atomic mass is 9.88. The topological polar surface area (TPSA) is 53.1 Å².